The second kappa shape index (κ2) is 6.61. The highest BCUT2D eigenvalue weighted by Crippen LogP contribution is 2.28. The van der Waals surface area contributed by atoms with Crippen molar-refractivity contribution in [1.29, 1.82) is 0 Å². The van der Waals surface area contributed by atoms with E-state index in [4.69, 9.17) is 9.15 Å². The first kappa shape index (κ1) is 16.5. The molecule has 0 N–H and O–H groups in total. The first-order chi connectivity index (χ1) is 11.5. The van der Waals surface area contributed by atoms with E-state index < -0.39 is 5.97 Å². The molecular formula is C19H15BrO4. The van der Waals surface area contributed by atoms with E-state index in [0.717, 1.165) is 15.6 Å². The standard InChI is InChI=1S/C19H15BrO4/c1-3-12-8-15-18(9-17(12)24-11(2)21)23-10-16(19(15)22)13-4-6-14(20)7-5-13/h4-10H,3H2,1-2H3. The van der Waals surface area contributed by atoms with Crippen LogP contribution < -0.4 is 10.2 Å². The number of carbonyl (C=O) groups is 1. The number of carbonyl (C=O) groups excluding carboxylic acids is 1. The molecule has 0 bridgehead atoms. The van der Waals surface area contributed by atoms with E-state index in [1.165, 1.54) is 13.2 Å². The molecule has 3 rings (SSSR count). The molecule has 0 unspecified atom stereocenters. The molecular weight excluding hydrogens is 372 g/mol. The van der Waals surface area contributed by atoms with E-state index in [0.29, 0.717) is 28.7 Å². The third-order valence-corrected chi connectivity index (χ3v) is 4.27. The molecule has 0 aliphatic heterocycles. The second-order valence-corrected chi connectivity index (χ2v) is 6.30. The molecule has 0 atom stereocenters. The van der Waals surface area contributed by atoms with Gasteiger partial charge in [0.25, 0.3) is 0 Å². The van der Waals surface area contributed by atoms with Crippen molar-refractivity contribution in [3.8, 4) is 16.9 Å². The second-order valence-electron chi connectivity index (χ2n) is 5.39. The molecule has 0 amide bonds. The number of esters is 1. The highest BCUT2D eigenvalue weighted by Gasteiger charge is 2.14. The average molecular weight is 387 g/mol. The van der Waals surface area contributed by atoms with Crippen molar-refractivity contribution in [2.24, 2.45) is 0 Å². The van der Waals surface area contributed by atoms with Crippen LogP contribution in [0, 0.1) is 0 Å². The van der Waals surface area contributed by atoms with E-state index in [9.17, 15) is 9.59 Å². The van der Waals surface area contributed by atoms with Gasteiger partial charge < -0.3 is 9.15 Å². The van der Waals surface area contributed by atoms with Gasteiger partial charge in [0.05, 0.1) is 10.9 Å². The fraction of sp³-hybridized carbons (Fsp3) is 0.158. The van der Waals surface area contributed by atoms with Gasteiger partial charge in [-0.05, 0) is 35.7 Å². The monoisotopic (exact) mass is 386 g/mol. The molecule has 5 heteroatoms. The molecule has 0 saturated carbocycles. The predicted molar refractivity (Wildman–Crippen MR) is 96.3 cm³/mol. The summed E-state index contributed by atoms with van der Waals surface area (Å²) in [5.74, 6) is 0.0231. The summed E-state index contributed by atoms with van der Waals surface area (Å²) in [4.78, 5) is 24.1. The summed E-state index contributed by atoms with van der Waals surface area (Å²) in [6.07, 6.45) is 2.08. The van der Waals surface area contributed by atoms with Crippen molar-refractivity contribution in [2.75, 3.05) is 0 Å². The zero-order chi connectivity index (χ0) is 17.3. The maximum atomic E-state index is 12.8. The highest BCUT2D eigenvalue weighted by atomic mass is 79.9. The number of aryl methyl sites for hydroxylation is 1. The molecule has 2 aromatic carbocycles. The molecule has 122 valence electrons. The minimum Gasteiger partial charge on any atom is -0.463 e. The van der Waals surface area contributed by atoms with Crippen molar-refractivity contribution >= 4 is 32.9 Å². The van der Waals surface area contributed by atoms with Gasteiger partial charge in [-0.1, -0.05) is 35.0 Å². The largest absolute Gasteiger partial charge is 0.463 e. The number of rotatable bonds is 3. The van der Waals surface area contributed by atoms with Gasteiger partial charge in [-0.25, -0.2) is 0 Å². The summed E-state index contributed by atoms with van der Waals surface area (Å²) in [5.41, 5.74) is 2.36. The molecule has 24 heavy (non-hydrogen) atoms. The van der Waals surface area contributed by atoms with E-state index >= 15 is 0 Å². The average Bonchev–Trinajstić information content (AvgIpc) is 2.55. The Morgan fingerprint density at radius 1 is 1.21 bits per heavy atom. The molecule has 0 aliphatic rings. The Kier molecular flexibility index (Phi) is 4.53. The maximum Gasteiger partial charge on any atom is 0.308 e. The Balaban J connectivity index is 2.20. The molecule has 1 aromatic heterocycles. The lowest BCUT2D eigenvalue weighted by Crippen LogP contribution is -2.08. The van der Waals surface area contributed by atoms with Crippen molar-refractivity contribution < 1.29 is 13.9 Å². The summed E-state index contributed by atoms with van der Waals surface area (Å²) in [5, 5.41) is 0.475. The van der Waals surface area contributed by atoms with Crippen molar-refractivity contribution in [2.45, 2.75) is 20.3 Å². The van der Waals surface area contributed by atoms with Gasteiger partial charge in [0.15, 0.2) is 0 Å². The Morgan fingerprint density at radius 3 is 2.54 bits per heavy atom. The Labute approximate surface area is 147 Å². The molecule has 3 aromatic rings. The quantitative estimate of drug-likeness (QED) is 0.483. The topological polar surface area (TPSA) is 56.5 Å². The van der Waals surface area contributed by atoms with Gasteiger partial charge in [0, 0.05) is 17.5 Å². The minimum absolute atomic E-state index is 0.109. The van der Waals surface area contributed by atoms with Gasteiger partial charge in [0.1, 0.15) is 17.6 Å². The van der Waals surface area contributed by atoms with Crippen LogP contribution in [-0.4, -0.2) is 5.97 Å². The van der Waals surface area contributed by atoms with Crippen LogP contribution >= 0.6 is 15.9 Å². The third kappa shape index (κ3) is 3.12. The fourth-order valence-corrected chi connectivity index (χ4v) is 2.82. The van der Waals surface area contributed by atoms with Crippen LogP contribution in [0.15, 0.2) is 56.3 Å². The lowest BCUT2D eigenvalue weighted by Gasteiger charge is -2.09. The third-order valence-electron chi connectivity index (χ3n) is 3.75. The molecule has 1 heterocycles. The van der Waals surface area contributed by atoms with Crippen molar-refractivity contribution in [3.05, 3.63) is 62.9 Å². The van der Waals surface area contributed by atoms with Crippen LogP contribution in [0.4, 0.5) is 0 Å². The zero-order valence-corrected chi connectivity index (χ0v) is 14.8. The normalized spacial score (nSPS) is 10.8. The van der Waals surface area contributed by atoms with Crippen LogP contribution in [0.1, 0.15) is 19.4 Å². The van der Waals surface area contributed by atoms with Gasteiger partial charge in [-0.15, -0.1) is 0 Å². The number of benzene rings is 2. The highest BCUT2D eigenvalue weighted by molar-refractivity contribution is 9.10. The molecule has 0 aliphatic carbocycles. The van der Waals surface area contributed by atoms with Gasteiger partial charge in [0.2, 0.25) is 5.43 Å². The first-order valence-corrected chi connectivity index (χ1v) is 8.31. The maximum absolute atomic E-state index is 12.8. The van der Waals surface area contributed by atoms with Crippen molar-refractivity contribution in [1.82, 2.24) is 0 Å². The molecule has 4 nitrogen and oxygen atoms in total. The van der Waals surface area contributed by atoms with Crippen LogP contribution in [0.5, 0.6) is 5.75 Å². The summed E-state index contributed by atoms with van der Waals surface area (Å²) < 4.78 is 11.8. The number of fused-ring (bicyclic) bond motifs is 1. The summed E-state index contributed by atoms with van der Waals surface area (Å²) in [6.45, 7) is 3.28. The number of hydrogen-bond donors (Lipinski definition) is 0. The van der Waals surface area contributed by atoms with Crippen LogP contribution in [-0.2, 0) is 11.2 Å². The molecule has 0 radical (unpaired) electrons. The van der Waals surface area contributed by atoms with E-state index in [-0.39, 0.29) is 5.43 Å². The van der Waals surface area contributed by atoms with Crippen LogP contribution in [0.25, 0.3) is 22.1 Å². The predicted octanol–water partition coefficient (Wildman–Crippen LogP) is 4.71. The van der Waals surface area contributed by atoms with Crippen LogP contribution in [0.2, 0.25) is 0 Å². The van der Waals surface area contributed by atoms with Gasteiger partial charge in [-0.2, -0.15) is 0 Å². The Bertz CT molecular complexity index is 971. The Hall–Kier alpha value is -2.40. The number of halogens is 1. The summed E-state index contributed by atoms with van der Waals surface area (Å²) in [7, 11) is 0. The van der Waals surface area contributed by atoms with E-state index in [2.05, 4.69) is 15.9 Å². The summed E-state index contributed by atoms with van der Waals surface area (Å²) in [6, 6.07) is 10.8. The SMILES string of the molecule is CCc1cc2c(=O)c(-c3ccc(Br)cc3)coc2cc1OC(C)=O. The van der Waals surface area contributed by atoms with E-state index in [1.807, 2.05) is 31.2 Å². The molecule has 0 saturated heterocycles. The lowest BCUT2D eigenvalue weighted by molar-refractivity contribution is -0.131. The first-order valence-electron chi connectivity index (χ1n) is 7.52. The van der Waals surface area contributed by atoms with Gasteiger partial charge >= 0.3 is 5.97 Å². The summed E-state index contributed by atoms with van der Waals surface area (Å²) >= 11 is 3.38. The number of hydrogen-bond acceptors (Lipinski definition) is 4. The fourth-order valence-electron chi connectivity index (χ4n) is 2.56. The van der Waals surface area contributed by atoms with Crippen molar-refractivity contribution in [3.63, 3.8) is 0 Å². The van der Waals surface area contributed by atoms with E-state index in [1.54, 1.807) is 12.1 Å². The van der Waals surface area contributed by atoms with Gasteiger partial charge in [-0.3, -0.25) is 9.59 Å². The Morgan fingerprint density at radius 2 is 1.92 bits per heavy atom. The minimum atomic E-state index is -0.405. The number of ether oxygens (including phenoxy) is 1. The molecule has 0 fully saturated rings. The zero-order valence-electron chi connectivity index (χ0n) is 13.3. The molecule has 0 spiro atoms. The lowest BCUT2D eigenvalue weighted by atomic mass is 10.0. The van der Waals surface area contributed by atoms with Crippen LogP contribution in [0.3, 0.4) is 0 Å². The smallest absolute Gasteiger partial charge is 0.308 e.